The van der Waals surface area contributed by atoms with Crippen LogP contribution in [0.2, 0.25) is 0 Å². The molecule has 0 fully saturated rings. The van der Waals surface area contributed by atoms with Crippen molar-refractivity contribution in [3.05, 3.63) is 12.2 Å². The van der Waals surface area contributed by atoms with Gasteiger partial charge in [-0.05, 0) is 20.3 Å². The van der Waals surface area contributed by atoms with Crippen molar-refractivity contribution < 1.29 is 45.0 Å². The van der Waals surface area contributed by atoms with Gasteiger partial charge in [0.15, 0.2) is 0 Å². The molecule has 1 atom stereocenters. The van der Waals surface area contributed by atoms with Gasteiger partial charge < -0.3 is 35.4 Å². The molecule has 0 aliphatic heterocycles. The number of aliphatic hydroxyl groups is 5. The van der Waals surface area contributed by atoms with Gasteiger partial charge in [0, 0.05) is 12.2 Å². The third-order valence-corrected chi connectivity index (χ3v) is 2.70. The molecule has 0 amide bonds. The molecular formula is C15H30O9. The summed E-state index contributed by atoms with van der Waals surface area (Å²) in [6.45, 7) is 6.75. The standard InChI is InChI=1S/C7H12O4.C6H12O4.C2H6O/c1-5(2)7(10)11-4-6(9)3-8;1-2-6(3-7,4-8)5(9)10;1-2-3/h6,8-9H,1,3-4H2,2H3;7-8H,2-4H2,1H3,(H,9,10);3H,2H2,1H3. The number of hydrogen-bond acceptors (Lipinski definition) is 8. The molecule has 6 N–H and O–H groups in total. The highest BCUT2D eigenvalue weighted by Gasteiger charge is 2.35. The van der Waals surface area contributed by atoms with Crippen LogP contribution in [0, 0.1) is 5.41 Å². The van der Waals surface area contributed by atoms with Crippen LogP contribution in [0.4, 0.5) is 0 Å². The van der Waals surface area contributed by atoms with Gasteiger partial charge in [-0.1, -0.05) is 13.5 Å². The molecule has 0 aliphatic carbocycles. The molecule has 0 aromatic heterocycles. The van der Waals surface area contributed by atoms with Crippen LogP contribution in [0.25, 0.3) is 0 Å². The van der Waals surface area contributed by atoms with Crippen molar-refractivity contribution in [2.75, 3.05) is 33.0 Å². The fraction of sp³-hybridized carbons (Fsp3) is 0.733. The zero-order valence-electron chi connectivity index (χ0n) is 14.4. The third-order valence-electron chi connectivity index (χ3n) is 2.70. The Morgan fingerprint density at radius 2 is 1.54 bits per heavy atom. The monoisotopic (exact) mass is 354 g/mol. The van der Waals surface area contributed by atoms with E-state index in [0.717, 1.165) is 0 Å². The summed E-state index contributed by atoms with van der Waals surface area (Å²) in [7, 11) is 0. The molecule has 9 nitrogen and oxygen atoms in total. The smallest absolute Gasteiger partial charge is 0.333 e. The molecule has 9 heteroatoms. The molecule has 0 saturated heterocycles. The molecule has 1 unspecified atom stereocenters. The highest BCUT2D eigenvalue weighted by atomic mass is 16.5. The van der Waals surface area contributed by atoms with E-state index in [-0.39, 0.29) is 25.2 Å². The van der Waals surface area contributed by atoms with Gasteiger partial charge >= 0.3 is 11.9 Å². The number of aliphatic carboxylic acids is 1. The summed E-state index contributed by atoms with van der Waals surface area (Å²) in [4.78, 5) is 21.0. The summed E-state index contributed by atoms with van der Waals surface area (Å²) < 4.78 is 4.51. The van der Waals surface area contributed by atoms with Crippen LogP contribution < -0.4 is 0 Å². The molecular weight excluding hydrogens is 324 g/mol. The van der Waals surface area contributed by atoms with Crippen molar-refractivity contribution in [1.82, 2.24) is 0 Å². The van der Waals surface area contributed by atoms with Gasteiger partial charge in [-0.25, -0.2) is 4.79 Å². The lowest BCUT2D eigenvalue weighted by Crippen LogP contribution is -2.37. The second-order valence-corrected chi connectivity index (χ2v) is 4.79. The maximum atomic E-state index is 10.6. The Bertz CT molecular complexity index is 343. The quantitative estimate of drug-likeness (QED) is 0.235. The number of aliphatic hydroxyl groups excluding tert-OH is 5. The van der Waals surface area contributed by atoms with Crippen LogP contribution in [-0.4, -0.2) is 81.7 Å². The Morgan fingerprint density at radius 3 is 1.71 bits per heavy atom. The summed E-state index contributed by atoms with van der Waals surface area (Å²) in [5.74, 6) is -1.71. The summed E-state index contributed by atoms with van der Waals surface area (Å²) >= 11 is 0. The Morgan fingerprint density at radius 1 is 1.12 bits per heavy atom. The normalized spacial score (nSPS) is 11.2. The lowest BCUT2D eigenvalue weighted by Gasteiger charge is -2.21. The molecule has 0 aliphatic rings. The van der Waals surface area contributed by atoms with Crippen LogP contribution in [-0.2, 0) is 14.3 Å². The van der Waals surface area contributed by atoms with E-state index < -0.39 is 43.3 Å². The SMILES string of the molecule is C=C(C)C(=O)OCC(O)CO.CCC(CO)(CO)C(=O)O.CCO. The molecule has 0 bridgehead atoms. The minimum atomic E-state index is -1.35. The van der Waals surface area contributed by atoms with E-state index in [9.17, 15) is 9.59 Å². The van der Waals surface area contributed by atoms with E-state index in [1.54, 1.807) is 13.8 Å². The van der Waals surface area contributed by atoms with Crippen molar-refractivity contribution >= 4 is 11.9 Å². The predicted molar refractivity (Wildman–Crippen MR) is 86.2 cm³/mol. The van der Waals surface area contributed by atoms with Crippen molar-refractivity contribution in [2.24, 2.45) is 5.41 Å². The van der Waals surface area contributed by atoms with E-state index in [2.05, 4.69) is 11.3 Å². The Hall–Kier alpha value is -1.52. The molecule has 144 valence electrons. The molecule has 0 radical (unpaired) electrons. The third kappa shape index (κ3) is 13.0. The average molecular weight is 354 g/mol. The van der Waals surface area contributed by atoms with Gasteiger partial charge in [0.1, 0.15) is 18.1 Å². The second-order valence-electron chi connectivity index (χ2n) is 4.79. The molecule has 0 rings (SSSR count). The average Bonchev–Trinajstić information content (AvgIpc) is 2.55. The zero-order chi connectivity index (χ0) is 19.8. The molecule has 0 aromatic rings. The maximum Gasteiger partial charge on any atom is 0.333 e. The number of ether oxygens (including phenoxy) is 1. The first kappa shape index (κ1) is 27.3. The zero-order valence-corrected chi connectivity index (χ0v) is 14.4. The van der Waals surface area contributed by atoms with Gasteiger partial charge in [0.05, 0.1) is 19.8 Å². The molecule has 0 spiro atoms. The van der Waals surface area contributed by atoms with Crippen LogP contribution in [0.5, 0.6) is 0 Å². The van der Waals surface area contributed by atoms with Gasteiger partial charge in [0.2, 0.25) is 0 Å². The lowest BCUT2D eigenvalue weighted by molar-refractivity contribution is -0.154. The number of carbonyl (C=O) groups is 2. The summed E-state index contributed by atoms with van der Waals surface area (Å²) in [6.07, 6.45) is -0.770. The largest absolute Gasteiger partial charge is 0.481 e. The minimum Gasteiger partial charge on any atom is -0.481 e. The second kappa shape index (κ2) is 16.3. The minimum absolute atomic E-state index is 0.192. The van der Waals surface area contributed by atoms with E-state index in [4.69, 9.17) is 30.6 Å². The highest BCUT2D eigenvalue weighted by Crippen LogP contribution is 2.19. The summed E-state index contributed by atoms with van der Waals surface area (Å²) in [6, 6.07) is 0. The van der Waals surface area contributed by atoms with E-state index in [1.807, 2.05) is 0 Å². The molecule has 0 saturated carbocycles. The van der Waals surface area contributed by atoms with Crippen LogP contribution in [0.15, 0.2) is 12.2 Å². The van der Waals surface area contributed by atoms with Crippen LogP contribution in [0.3, 0.4) is 0 Å². The van der Waals surface area contributed by atoms with Crippen LogP contribution in [0.1, 0.15) is 27.2 Å². The molecule has 0 heterocycles. The number of carboxylic acids is 1. The number of hydrogen-bond donors (Lipinski definition) is 6. The van der Waals surface area contributed by atoms with Crippen LogP contribution >= 0.6 is 0 Å². The van der Waals surface area contributed by atoms with Gasteiger partial charge in [-0.2, -0.15) is 0 Å². The first-order valence-corrected chi connectivity index (χ1v) is 7.29. The molecule has 24 heavy (non-hydrogen) atoms. The summed E-state index contributed by atoms with van der Waals surface area (Å²) in [5.41, 5.74) is -1.07. The Balaban J connectivity index is -0.000000317. The topological polar surface area (TPSA) is 165 Å². The first-order valence-electron chi connectivity index (χ1n) is 7.29. The molecule has 0 aromatic carbocycles. The Labute approximate surface area is 141 Å². The van der Waals surface area contributed by atoms with Crippen molar-refractivity contribution in [1.29, 1.82) is 0 Å². The predicted octanol–water partition coefficient (Wildman–Crippen LogP) is -1.09. The first-order chi connectivity index (χ1) is 11.1. The number of carbonyl (C=O) groups excluding carboxylic acids is 1. The fourth-order valence-electron chi connectivity index (χ4n) is 0.908. The fourth-order valence-corrected chi connectivity index (χ4v) is 0.908. The van der Waals surface area contributed by atoms with Crippen molar-refractivity contribution in [3.8, 4) is 0 Å². The summed E-state index contributed by atoms with van der Waals surface area (Å²) in [5, 5.41) is 50.3. The van der Waals surface area contributed by atoms with Crippen molar-refractivity contribution in [2.45, 2.75) is 33.3 Å². The highest BCUT2D eigenvalue weighted by molar-refractivity contribution is 5.86. The van der Waals surface area contributed by atoms with E-state index >= 15 is 0 Å². The maximum absolute atomic E-state index is 10.6. The van der Waals surface area contributed by atoms with Gasteiger partial charge in [-0.15, -0.1) is 0 Å². The Kier molecular flexibility index (Phi) is 18.6. The van der Waals surface area contributed by atoms with Gasteiger partial charge in [-0.3, -0.25) is 4.79 Å². The number of esters is 1. The number of rotatable bonds is 8. The van der Waals surface area contributed by atoms with Crippen molar-refractivity contribution in [3.63, 3.8) is 0 Å². The van der Waals surface area contributed by atoms with E-state index in [1.165, 1.54) is 6.92 Å². The van der Waals surface area contributed by atoms with Gasteiger partial charge in [0.25, 0.3) is 0 Å². The van der Waals surface area contributed by atoms with E-state index in [0.29, 0.717) is 0 Å². The number of carboxylic acid groups (broad SMARTS) is 1. The lowest BCUT2D eigenvalue weighted by atomic mass is 9.87.